The molecule has 3 aromatic rings. The van der Waals surface area contributed by atoms with Gasteiger partial charge in [-0.15, -0.1) is 0 Å². The SMILES string of the molecule is C[n+]1cc(Br)cc2sc(/C=C3\C=CN(CCCI)c4ccccc43)nc21. The highest BCUT2D eigenvalue weighted by molar-refractivity contribution is 14.1. The third kappa shape index (κ3) is 3.59. The summed E-state index contributed by atoms with van der Waals surface area (Å²) in [5.41, 5.74) is 4.78. The molecule has 1 aromatic carbocycles. The van der Waals surface area contributed by atoms with Crippen LogP contribution in [-0.4, -0.2) is 16.0 Å². The predicted molar refractivity (Wildman–Crippen MR) is 123 cm³/mol. The van der Waals surface area contributed by atoms with E-state index in [1.807, 2.05) is 13.2 Å². The number of nitrogens with zero attached hydrogens (tertiary/aromatic N) is 3. The van der Waals surface area contributed by atoms with E-state index in [1.165, 1.54) is 32.4 Å². The smallest absolute Gasteiger partial charge is 0.342 e. The minimum atomic E-state index is 1.02. The number of pyridine rings is 1. The molecule has 4 rings (SSSR count). The quantitative estimate of drug-likeness (QED) is 0.245. The molecule has 1 aliphatic rings. The van der Waals surface area contributed by atoms with E-state index in [-0.39, 0.29) is 0 Å². The number of anilines is 1. The first-order valence-corrected chi connectivity index (χ1v) is 11.6. The first-order chi connectivity index (χ1) is 12.7. The van der Waals surface area contributed by atoms with Crippen molar-refractivity contribution in [1.82, 2.24) is 4.98 Å². The van der Waals surface area contributed by atoms with Crippen molar-refractivity contribution in [3.8, 4) is 0 Å². The number of aromatic nitrogens is 2. The molecule has 3 heterocycles. The second-order valence-electron chi connectivity index (χ2n) is 6.18. The number of para-hydroxylation sites is 1. The lowest BCUT2D eigenvalue weighted by Gasteiger charge is -2.27. The second-order valence-corrected chi connectivity index (χ2v) is 9.23. The van der Waals surface area contributed by atoms with Gasteiger partial charge in [-0.3, -0.25) is 0 Å². The maximum Gasteiger partial charge on any atom is 0.342 e. The van der Waals surface area contributed by atoms with E-state index in [2.05, 4.69) is 96.7 Å². The molecular formula is C20H18BrIN3S+. The van der Waals surface area contributed by atoms with Gasteiger partial charge in [0.2, 0.25) is 5.01 Å². The molecule has 0 bridgehead atoms. The molecule has 6 heteroatoms. The van der Waals surface area contributed by atoms with Gasteiger partial charge in [-0.2, -0.15) is 0 Å². The van der Waals surface area contributed by atoms with E-state index in [4.69, 9.17) is 4.98 Å². The molecule has 2 aromatic heterocycles. The Kier molecular flexibility index (Phi) is 5.42. The number of fused-ring (bicyclic) bond motifs is 2. The van der Waals surface area contributed by atoms with Crippen LogP contribution in [0.15, 0.2) is 53.3 Å². The maximum atomic E-state index is 4.82. The van der Waals surface area contributed by atoms with Crippen molar-refractivity contribution >= 4 is 77.5 Å². The number of halogens is 2. The lowest BCUT2D eigenvalue weighted by molar-refractivity contribution is -0.647. The Bertz CT molecular complexity index is 1030. The lowest BCUT2D eigenvalue weighted by Crippen LogP contribution is -2.28. The highest BCUT2D eigenvalue weighted by Gasteiger charge is 2.19. The topological polar surface area (TPSA) is 20.0 Å². The average Bonchev–Trinajstić information content (AvgIpc) is 3.04. The summed E-state index contributed by atoms with van der Waals surface area (Å²) in [6.45, 7) is 1.05. The Morgan fingerprint density at radius 2 is 2.19 bits per heavy atom. The minimum Gasteiger partial charge on any atom is -0.347 e. The zero-order valence-electron chi connectivity index (χ0n) is 14.3. The van der Waals surface area contributed by atoms with E-state index in [9.17, 15) is 0 Å². The largest absolute Gasteiger partial charge is 0.347 e. The second kappa shape index (κ2) is 7.78. The van der Waals surface area contributed by atoms with Crippen molar-refractivity contribution < 1.29 is 4.57 Å². The van der Waals surface area contributed by atoms with Crippen molar-refractivity contribution in [2.75, 3.05) is 15.9 Å². The Labute approximate surface area is 179 Å². The van der Waals surface area contributed by atoms with Crippen LogP contribution >= 0.6 is 49.9 Å². The first kappa shape index (κ1) is 18.1. The van der Waals surface area contributed by atoms with Gasteiger partial charge in [0, 0.05) is 34.5 Å². The van der Waals surface area contributed by atoms with E-state index in [0.29, 0.717) is 0 Å². The number of hydrogen-bond acceptors (Lipinski definition) is 3. The van der Waals surface area contributed by atoms with Crippen molar-refractivity contribution in [3.63, 3.8) is 0 Å². The summed E-state index contributed by atoms with van der Waals surface area (Å²) in [4.78, 5) is 7.17. The Morgan fingerprint density at radius 1 is 1.35 bits per heavy atom. The summed E-state index contributed by atoms with van der Waals surface area (Å²) >= 11 is 7.73. The van der Waals surface area contributed by atoms with Crippen LogP contribution in [0.1, 0.15) is 17.0 Å². The summed E-state index contributed by atoms with van der Waals surface area (Å²) in [5, 5.41) is 1.03. The zero-order valence-corrected chi connectivity index (χ0v) is 18.9. The summed E-state index contributed by atoms with van der Waals surface area (Å²) in [7, 11) is 2.03. The number of benzene rings is 1. The number of rotatable bonds is 4. The molecule has 0 unspecified atom stereocenters. The van der Waals surface area contributed by atoms with Gasteiger partial charge in [-0.1, -0.05) is 52.1 Å². The normalized spacial score (nSPS) is 15.0. The molecule has 1 aliphatic heterocycles. The highest BCUT2D eigenvalue weighted by Crippen LogP contribution is 2.35. The monoisotopic (exact) mass is 538 g/mol. The standard InChI is InChI=1S/C20H18BrIN3S/c1-24-13-15(21)12-18-20(24)23-19(26-18)11-14-7-10-25(9-4-8-22)17-6-3-2-5-16(14)17/h2-3,5-7,10-13H,4,8-9H2,1H3/q+1. The molecule has 0 radical (unpaired) electrons. The van der Waals surface area contributed by atoms with Gasteiger partial charge in [0.05, 0.1) is 11.5 Å². The third-order valence-electron chi connectivity index (χ3n) is 4.34. The number of allylic oxidation sites excluding steroid dienone is 2. The van der Waals surface area contributed by atoms with E-state index < -0.39 is 0 Å². The molecular weight excluding hydrogens is 521 g/mol. The predicted octanol–water partition coefficient (Wildman–Crippen LogP) is 5.58. The van der Waals surface area contributed by atoms with Crippen molar-refractivity contribution in [2.45, 2.75) is 6.42 Å². The molecule has 26 heavy (non-hydrogen) atoms. The molecule has 0 fully saturated rings. The number of hydrogen-bond donors (Lipinski definition) is 0. The van der Waals surface area contributed by atoms with Gasteiger partial charge in [0.1, 0.15) is 10.9 Å². The molecule has 132 valence electrons. The van der Waals surface area contributed by atoms with Crippen LogP contribution in [0.5, 0.6) is 0 Å². The zero-order chi connectivity index (χ0) is 18.1. The van der Waals surface area contributed by atoms with E-state index >= 15 is 0 Å². The maximum absolute atomic E-state index is 4.82. The van der Waals surface area contributed by atoms with Crippen molar-refractivity contribution in [3.05, 3.63) is 63.8 Å². The van der Waals surface area contributed by atoms with E-state index in [1.54, 1.807) is 11.3 Å². The van der Waals surface area contributed by atoms with E-state index in [0.717, 1.165) is 21.7 Å². The molecule has 0 spiro atoms. The summed E-state index contributed by atoms with van der Waals surface area (Å²) in [5.74, 6) is 0. The molecule has 3 nitrogen and oxygen atoms in total. The number of alkyl halides is 1. The molecule has 0 N–H and O–H groups in total. The molecule has 0 atom stereocenters. The van der Waals surface area contributed by atoms with Gasteiger partial charge in [-0.05, 0) is 51.1 Å². The van der Waals surface area contributed by atoms with Crippen LogP contribution in [0.4, 0.5) is 5.69 Å². The molecule has 0 saturated heterocycles. The summed E-state index contributed by atoms with van der Waals surface area (Å²) < 4.78 is 5.49. The van der Waals surface area contributed by atoms with Crippen LogP contribution in [0, 0.1) is 0 Å². The lowest BCUT2D eigenvalue weighted by atomic mass is 9.99. The Hall–Kier alpha value is -1.25. The first-order valence-electron chi connectivity index (χ1n) is 8.43. The fourth-order valence-electron chi connectivity index (χ4n) is 3.15. The highest BCUT2D eigenvalue weighted by atomic mass is 127. The van der Waals surface area contributed by atoms with Crippen LogP contribution in [0.25, 0.3) is 22.0 Å². The van der Waals surface area contributed by atoms with Crippen molar-refractivity contribution in [1.29, 1.82) is 0 Å². The minimum absolute atomic E-state index is 1.02. The average molecular weight is 539 g/mol. The van der Waals surface area contributed by atoms with Crippen LogP contribution < -0.4 is 9.47 Å². The number of thiazole rings is 1. The molecule has 0 saturated carbocycles. The summed E-state index contributed by atoms with van der Waals surface area (Å²) in [6.07, 6.45) is 9.83. The van der Waals surface area contributed by atoms with Gasteiger partial charge in [0.25, 0.3) is 0 Å². The Balaban J connectivity index is 1.75. The van der Waals surface area contributed by atoms with Gasteiger partial charge in [-0.25, -0.2) is 4.57 Å². The van der Waals surface area contributed by atoms with Crippen molar-refractivity contribution in [2.24, 2.45) is 7.05 Å². The molecule has 0 aliphatic carbocycles. The summed E-state index contributed by atoms with van der Waals surface area (Å²) in [6, 6.07) is 10.8. The van der Waals surface area contributed by atoms with Gasteiger partial charge >= 0.3 is 5.65 Å². The fourth-order valence-corrected chi connectivity index (χ4v) is 5.19. The van der Waals surface area contributed by atoms with Gasteiger partial charge in [0.15, 0.2) is 0 Å². The third-order valence-corrected chi connectivity index (χ3v) is 6.48. The van der Waals surface area contributed by atoms with Gasteiger partial charge < -0.3 is 4.90 Å². The van der Waals surface area contributed by atoms with Crippen LogP contribution in [0.2, 0.25) is 0 Å². The fraction of sp³-hybridized carbons (Fsp3) is 0.200. The van der Waals surface area contributed by atoms with Crippen LogP contribution in [0.3, 0.4) is 0 Å². The molecule has 0 amide bonds. The Morgan fingerprint density at radius 3 is 3.04 bits per heavy atom. The number of aryl methyl sites for hydroxylation is 1. The van der Waals surface area contributed by atoms with Crippen LogP contribution in [-0.2, 0) is 7.05 Å².